The third-order valence-electron chi connectivity index (χ3n) is 1.46. The summed E-state index contributed by atoms with van der Waals surface area (Å²) >= 11 is 6.13. The van der Waals surface area contributed by atoms with Crippen molar-refractivity contribution in [1.29, 1.82) is 0 Å². The minimum absolute atomic E-state index is 0.214. The van der Waals surface area contributed by atoms with Crippen molar-refractivity contribution in [2.75, 3.05) is 12.3 Å². The summed E-state index contributed by atoms with van der Waals surface area (Å²) < 4.78 is 0. The van der Waals surface area contributed by atoms with E-state index < -0.39 is 0 Å². The number of thiocarbonyl (C=S) groups is 1. The molecule has 1 amide bonds. The van der Waals surface area contributed by atoms with Crippen molar-refractivity contribution in [1.82, 2.24) is 31.3 Å². The summed E-state index contributed by atoms with van der Waals surface area (Å²) in [6.45, 7) is 4.07. The van der Waals surface area contributed by atoms with Crippen molar-refractivity contribution < 1.29 is 4.79 Å². The van der Waals surface area contributed by atoms with E-state index in [1.807, 2.05) is 0 Å². The highest BCUT2D eigenvalue weighted by atomic mass is 32.2. The quantitative estimate of drug-likeness (QED) is 0.250. The van der Waals surface area contributed by atoms with Gasteiger partial charge in [-0.3, -0.25) is 20.7 Å². The summed E-state index contributed by atoms with van der Waals surface area (Å²) in [5.41, 5.74) is 5.00. The molecule has 1 aromatic heterocycles. The number of nitrogens with zero attached hydrogens (tertiary/aromatic N) is 2. The largest absolute Gasteiger partial charge is 0.358 e. The zero-order chi connectivity index (χ0) is 12.5. The molecule has 0 radical (unpaired) electrons. The molecule has 9 heteroatoms. The van der Waals surface area contributed by atoms with Crippen LogP contribution < -0.4 is 16.2 Å². The molecule has 7 nitrogen and oxygen atoms in total. The van der Waals surface area contributed by atoms with Gasteiger partial charge in [-0.1, -0.05) is 17.8 Å². The molecule has 0 atom stereocenters. The Kier molecular flexibility index (Phi) is 6.04. The molecular formula is C8H12N6OS2. The molecule has 0 aliphatic carbocycles. The molecular weight excluding hydrogens is 260 g/mol. The molecule has 0 aromatic carbocycles. The first-order valence-corrected chi connectivity index (χ1v) is 6.03. The molecule has 0 spiro atoms. The van der Waals surface area contributed by atoms with Gasteiger partial charge in [0.1, 0.15) is 6.33 Å². The summed E-state index contributed by atoms with van der Waals surface area (Å²) in [7, 11) is 0. The second-order valence-electron chi connectivity index (χ2n) is 2.75. The Labute approximate surface area is 108 Å². The molecule has 0 aliphatic rings. The Morgan fingerprint density at radius 3 is 3.12 bits per heavy atom. The molecule has 0 aliphatic heterocycles. The number of amides is 1. The number of rotatable bonds is 5. The lowest BCUT2D eigenvalue weighted by atomic mass is 10.6. The number of aromatic amines is 1. The zero-order valence-electron chi connectivity index (χ0n) is 8.90. The van der Waals surface area contributed by atoms with Crippen molar-refractivity contribution in [3.63, 3.8) is 0 Å². The van der Waals surface area contributed by atoms with Crippen molar-refractivity contribution in [3.8, 4) is 0 Å². The topological polar surface area (TPSA) is 94.7 Å². The molecule has 4 N–H and O–H groups in total. The molecule has 0 unspecified atom stereocenters. The highest BCUT2D eigenvalue weighted by Crippen LogP contribution is 2.08. The molecule has 1 aromatic rings. The lowest BCUT2D eigenvalue weighted by Gasteiger charge is -2.09. The average Bonchev–Trinajstić information content (AvgIpc) is 2.84. The average molecular weight is 272 g/mol. The Bertz CT molecular complexity index is 379. The van der Waals surface area contributed by atoms with Gasteiger partial charge in [0.15, 0.2) is 10.3 Å². The van der Waals surface area contributed by atoms with E-state index in [1.54, 1.807) is 6.08 Å². The third kappa shape index (κ3) is 5.88. The van der Waals surface area contributed by atoms with Crippen molar-refractivity contribution >= 4 is 35.0 Å². The van der Waals surface area contributed by atoms with E-state index in [2.05, 4.69) is 37.9 Å². The van der Waals surface area contributed by atoms with Crippen LogP contribution in [0.3, 0.4) is 0 Å². The fourth-order valence-corrected chi connectivity index (χ4v) is 1.48. The highest BCUT2D eigenvalue weighted by Gasteiger charge is 2.04. The fraction of sp³-hybridized carbons (Fsp3) is 0.250. The first-order chi connectivity index (χ1) is 8.22. The van der Waals surface area contributed by atoms with E-state index >= 15 is 0 Å². The van der Waals surface area contributed by atoms with E-state index in [9.17, 15) is 4.79 Å². The minimum atomic E-state index is -0.214. The Balaban J connectivity index is 2.12. The van der Waals surface area contributed by atoms with Gasteiger partial charge in [-0.25, -0.2) is 4.98 Å². The standard InChI is InChI=1S/C8H12N6OS2/c1-2-3-9-7(16)13-12-6(15)4-17-8-10-5-11-14-8/h2,5H,1,3-4H2,(H,12,15)(H2,9,13,16)(H,10,11,14). The number of H-pyrrole nitrogens is 1. The zero-order valence-corrected chi connectivity index (χ0v) is 10.5. The van der Waals surface area contributed by atoms with Crippen molar-refractivity contribution in [2.45, 2.75) is 5.16 Å². The van der Waals surface area contributed by atoms with Crippen LogP contribution in [0.5, 0.6) is 0 Å². The normalized spacial score (nSPS) is 9.41. The summed E-state index contributed by atoms with van der Waals surface area (Å²) in [5, 5.41) is 10.0. The molecule has 0 saturated heterocycles. The van der Waals surface area contributed by atoms with Gasteiger partial charge in [-0.15, -0.1) is 6.58 Å². The molecule has 0 bridgehead atoms. The molecule has 1 heterocycles. The molecule has 17 heavy (non-hydrogen) atoms. The Hall–Kier alpha value is -1.61. The maximum atomic E-state index is 11.4. The van der Waals surface area contributed by atoms with Crippen LogP contribution in [0.1, 0.15) is 0 Å². The SMILES string of the molecule is C=CCNC(=S)NNC(=O)CSc1ncn[nH]1. The summed E-state index contributed by atoms with van der Waals surface area (Å²) in [4.78, 5) is 15.2. The number of carbonyl (C=O) groups excluding carboxylic acids is 1. The number of thioether (sulfide) groups is 1. The molecule has 92 valence electrons. The second kappa shape index (κ2) is 7.63. The second-order valence-corrected chi connectivity index (χ2v) is 4.12. The van der Waals surface area contributed by atoms with Crippen LogP contribution in [0, 0.1) is 0 Å². The maximum Gasteiger partial charge on any atom is 0.248 e. The van der Waals surface area contributed by atoms with Crippen LogP contribution in [-0.4, -0.2) is 38.5 Å². The van der Waals surface area contributed by atoms with Crippen LogP contribution in [0.25, 0.3) is 0 Å². The number of nitrogens with one attached hydrogen (secondary N) is 4. The van der Waals surface area contributed by atoms with Gasteiger partial charge in [0, 0.05) is 6.54 Å². The van der Waals surface area contributed by atoms with Crippen molar-refractivity contribution in [3.05, 3.63) is 19.0 Å². The Morgan fingerprint density at radius 2 is 2.47 bits per heavy atom. The van der Waals surface area contributed by atoms with Crippen LogP contribution in [-0.2, 0) is 4.79 Å². The number of aromatic nitrogens is 3. The number of hydrogen-bond acceptors (Lipinski definition) is 5. The predicted octanol–water partition coefficient (Wildman–Crippen LogP) is -0.422. The predicted molar refractivity (Wildman–Crippen MR) is 69.2 cm³/mol. The monoisotopic (exact) mass is 272 g/mol. The highest BCUT2D eigenvalue weighted by molar-refractivity contribution is 7.99. The van der Waals surface area contributed by atoms with E-state index in [0.717, 1.165) is 0 Å². The van der Waals surface area contributed by atoms with Crippen molar-refractivity contribution in [2.24, 2.45) is 0 Å². The molecule has 1 rings (SSSR count). The van der Waals surface area contributed by atoms with Crippen LogP contribution >= 0.6 is 24.0 Å². The van der Waals surface area contributed by atoms with Gasteiger partial charge in [-0.05, 0) is 12.2 Å². The van der Waals surface area contributed by atoms with E-state index in [-0.39, 0.29) is 11.7 Å². The number of hydrogen-bond donors (Lipinski definition) is 4. The van der Waals surface area contributed by atoms with E-state index in [4.69, 9.17) is 12.2 Å². The Morgan fingerprint density at radius 1 is 1.65 bits per heavy atom. The fourth-order valence-electron chi connectivity index (χ4n) is 0.769. The van der Waals surface area contributed by atoms with E-state index in [1.165, 1.54) is 18.1 Å². The number of carbonyl (C=O) groups is 1. The summed E-state index contributed by atoms with van der Waals surface area (Å²) in [5.74, 6) is 0.000801. The van der Waals surface area contributed by atoms with Gasteiger partial charge in [0.05, 0.1) is 5.75 Å². The van der Waals surface area contributed by atoms with Crippen LogP contribution in [0.4, 0.5) is 0 Å². The molecule has 0 saturated carbocycles. The van der Waals surface area contributed by atoms with Gasteiger partial charge in [-0.2, -0.15) is 5.10 Å². The van der Waals surface area contributed by atoms with Crippen LogP contribution in [0.2, 0.25) is 0 Å². The molecule has 0 fully saturated rings. The van der Waals surface area contributed by atoms with E-state index in [0.29, 0.717) is 16.8 Å². The first kappa shape index (κ1) is 13.5. The first-order valence-electron chi connectivity index (χ1n) is 4.64. The van der Waals surface area contributed by atoms with Gasteiger partial charge < -0.3 is 5.32 Å². The lowest BCUT2D eigenvalue weighted by molar-refractivity contribution is -0.119. The minimum Gasteiger partial charge on any atom is -0.358 e. The number of hydrazine groups is 1. The summed E-state index contributed by atoms with van der Waals surface area (Å²) in [6, 6.07) is 0. The smallest absolute Gasteiger partial charge is 0.248 e. The maximum absolute atomic E-state index is 11.4. The van der Waals surface area contributed by atoms with Gasteiger partial charge >= 0.3 is 0 Å². The van der Waals surface area contributed by atoms with Gasteiger partial charge in [0.2, 0.25) is 5.91 Å². The summed E-state index contributed by atoms with van der Waals surface area (Å²) in [6.07, 6.45) is 3.04. The third-order valence-corrected chi connectivity index (χ3v) is 2.58. The van der Waals surface area contributed by atoms with Gasteiger partial charge in [0.25, 0.3) is 0 Å². The lowest BCUT2D eigenvalue weighted by Crippen LogP contribution is -2.47. The van der Waals surface area contributed by atoms with Crippen LogP contribution in [0.15, 0.2) is 24.1 Å².